The van der Waals surface area contributed by atoms with Gasteiger partial charge in [-0.3, -0.25) is 9.69 Å². The summed E-state index contributed by atoms with van der Waals surface area (Å²) in [6.45, 7) is 3.84. The standard InChI is InChI=1S/C22H28N2O5/c1-27-16-5-6-17-18(14-20(25)29-19(17)13-16)21(26)23-15-22(7-3-2-4-8-22)24-9-11-28-12-10-24/h5-6,13-14H,2-4,7-12,15H2,1H3,(H,23,26). The van der Waals surface area contributed by atoms with Crippen LogP contribution in [-0.2, 0) is 4.74 Å². The number of nitrogens with one attached hydrogen (secondary N) is 1. The van der Waals surface area contributed by atoms with Crippen molar-refractivity contribution >= 4 is 16.9 Å². The predicted molar refractivity (Wildman–Crippen MR) is 110 cm³/mol. The van der Waals surface area contributed by atoms with E-state index in [1.807, 2.05) is 0 Å². The Labute approximate surface area is 170 Å². The first-order valence-corrected chi connectivity index (χ1v) is 10.3. The lowest BCUT2D eigenvalue weighted by molar-refractivity contribution is -0.0361. The average molecular weight is 400 g/mol. The van der Waals surface area contributed by atoms with Crippen LogP contribution in [0.3, 0.4) is 0 Å². The van der Waals surface area contributed by atoms with Crippen LogP contribution in [-0.4, -0.2) is 56.3 Å². The number of fused-ring (bicyclic) bond motifs is 1. The van der Waals surface area contributed by atoms with E-state index in [1.165, 1.54) is 25.3 Å². The molecule has 0 unspecified atom stereocenters. The maximum Gasteiger partial charge on any atom is 0.337 e. The van der Waals surface area contributed by atoms with Gasteiger partial charge in [0, 0.05) is 42.7 Å². The Kier molecular flexibility index (Phi) is 5.87. The Hall–Kier alpha value is -2.38. The molecule has 1 aliphatic heterocycles. The molecule has 2 aliphatic rings. The van der Waals surface area contributed by atoms with Gasteiger partial charge < -0.3 is 19.2 Å². The smallest absolute Gasteiger partial charge is 0.337 e. The van der Waals surface area contributed by atoms with Gasteiger partial charge in [0.1, 0.15) is 11.3 Å². The van der Waals surface area contributed by atoms with Crippen molar-refractivity contribution in [2.45, 2.75) is 37.6 Å². The molecule has 2 aromatic rings. The molecule has 2 fully saturated rings. The molecule has 0 spiro atoms. The topological polar surface area (TPSA) is 81.0 Å². The lowest BCUT2D eigenvalue weighted by atomic mass is 9.79. The quantitative estimate of drug-likeness (QED) is 0.777. The molecule has 7 heteroatoms. The van der Waals surface area contributed by atoms with E-state index in [9.17, 15) is 9.59 Å². The molecule has 0 atom stereocenters. The molecule has 1 aliphatic carbocycles. The Morgan fingerprint density at radius 3 is 2.66 bits per heavy atom. The minimum atomic E-state index is -0.545. The monoisotopic (exact) mass is 400 g/mol. The first-order chi connectivity index (χ1) is 14.1. The second kappa shape index (κ2) is 8.55. The molecular weight excluding hydrogens is 372 g/mol. The zero-order chi connectivity index (χ0) is 20.3. The lowest BCUT2D eigenvalue weighted by Crippen LogP contribution is -2.59. The summed E-state index contributed by atoms with van der Waals surface area (Å²) in [6.07, 6.45) is 5.73. The van der Waals surface area contributed by atoms with Crippen LogP contribution in [0.15, 0.2) is 33.5 Å². The average Bonchev–Trinajstić information content (AvgIpc) is 2.77. The van der Waals surface area contributed by atoms with Crippen LogP contribution in [0.25, 0.3) is 11.0 Å². The summed E-state index contributed by atoms with van der Waals surface area (Å²) in [4.78, 5) is 27.6. The van der Waals surface area contributed by atoms with Crippen molar-refractivity contribution in [2.24, 2.45) is 0 Å². The van der Waals surface area contributed by atoms with Gasteiger partial charge in [0.25, 0.3) is 5.91 Å². The van der Waals surface area contributed by atoms with E-state index in [-0.39, 0.29) is 11.4 Å². The van der Waals surface area contributed by atoms with E-state index in [0.717, 1.165) is 39.1 Å². The number of amides is 1. The Bertz CT molecular complexity index is 926. The lowest BCUT2D eigenvalue weighted by Gasteiger charge is -2.48. The van der Waals surface area contributed by atoms with E-state index < -0.39 is 5.63 Å². The minimum Gasteiger partial charge on any atom is -0.497 e. The Morgan fingerprint density at radius 2 is 1.93 bits per heavy atom. The highest BCUT2D eigenvalue weighted by molar-refractivity contribution is 6.05. The molecule has 0 bridgehead atoms. The number of hydrogen-bond acceptors (Lipinski definition) is 6. The third-order valence-corrected chi connectivity index (χ3v) is 6.24. The zero-order valence-corrected chi connectivity index (χ0v) is 16.9. The number of nitrogens with zero attached hydrogens (tertiary/aromatic N) is 1. The van der Waals surface area contributed by atoms with Gasteiger partial charge in [-0.25, -0.2) is 4.79 Å². The van der Waals surface area contributed by atoms with E-state index >= 15 is 0 Å². The van der Waals surface area contributed by atoms with Gasteiger partial charge in [0.2, 0.25) is 0 Å². The van der Waals surface area contributed by atoms with E-state index in [0.29, 0.717) is 28.8 Å². The number of carbonyl (C=O) groups is 1. The number of rotatable bonds is 5. The van der Waals surface area contributed by atoms with Crippen LogP contribution in [0, 0.1) is 0 Å². The number of carbonyl (C=O) groups excluding carboxylic acids is 1. The molecular formula is C22H28N2O5. The van der Waals surface area contributed by atoms with E-state index in [4.69, 9.17) is 13.9 Å². The molecule has 0 radical (unpaired) electrons. The van der Waals surface area contributed by atoms with E-state index in [2.05, 4.69) is 10.2 Å². The first kappa shape index (κ1) is 19.9. The van der Waals surface area contributed by atoms with Gasteiger partial charge >= 0.3 is 5.63 Å². The molecule has 1 amide bonds. The summed E-state index contributed by atoms with van der Waals surface area (Å²) in [5.41, 5.74) is 0.113. The second-order valence-electron chi connectivity index (χ2n) is 7.91. The first-order valence-electron chi connectivity index (χ1n) is 10.3. The van der Waals surface area contributed by atoms with Crippen LogP contribution < -0.4 is 15.7 Å². The molecule has 1 saturated carbocycles. The molecule has 4 rings (SSSR count). The Balaban J connectivity index is 1.57. The van der Waals surface area contributed by atoms with Crippen molar-refractivity contribution in [3.05, 3.63) is 40.2 Å². The summed E-state index contributed by atoms with van der Waals surface area (Å²) >= 11 is 0. The minimum absolute atomic E-state index is 0.0316. The van der Waals surface area contributed by atoms with Crippen molar-refractivity contribution in [1.29, 1.82) is 0 Å². The number of benzene rings is 1. The zero-order valence-electron chi connectivity index (χ0n) is 16.9. The molecule has 2 heterocycles. The molecule has 7 nitrogen and oxygen atoms in total. The molecule has 1 N–H and O–H groups in total. The number of ether oxygens (including phenoxy) is 2. The van der Waals surface area contributed by atoms with Crippen molar-refractivity contribution in [3.8, 4) is 5.75 Å². The van der Waals surface area contributed by atoms with Crippen LogP contribution in [0.1, 0.15) is 42.5 Å². The van der Waals surface area contributed by atoms with Gasteiger partial charge in [-0.15, -0.1) is 0 Å². The maximum absolute atomic E-state index is 13.1. The molecule has 1 aromatic heterocycles. The van der Waals surface area contributed by atoms with Crippen molar-refractivity contribution in [3.63, 3.8) is 0 Å². The fourth-order valence-electron chi connectivity index (χ4n) is 4.65. The largest absolute Gasteiger partial charge is 0.497 e. The fourth-order valence-corrected chi connectivity index (χ4v) is 4.65. The van der Waals surface area contributed by atoms with Gasteiger partial charge in [-0.1, -0.05) is 19.3 Å². The number of hydrogen-bond donors (Lipinski definition) is 1. The number of methoxy groups -OCH3 is 1. The highest BCUT2D eigenvalue weighted by Gasteiger charge is 2.39. The van der Waals surface area contributed by atoms with Crippen LogP contribution in [0.4, 0.5) is 0 Å². The molecule has 1 aromatic carbocycles. The summed E-state index contributed by atoms with van der Waals surface area (Å²) in [5.74, 6) is 0.331. The predicted octanol–water partition coefficient (Wildman–Crippen LogP) is 2.57. The Morgan fingerprint density at radius 1 is 1.17 bits per heavy atom. The normalized spacial score (nSPS) is 19.8. The van der Waals surface area contributed by atoms with Crippen molar-refractivity contribution in [2.75, 3.05) is 40.0 Å². The van der Waals surface area contributed by atoms with Crippen LogP contribution >= 0.6 is 0 Å². The molecule has 156 valence electrons. The second-order valence-corrected chi connectivity index (χ2v) is 7.91. The summed E-state index contributed by atoms with van der Waals surface area (Å²) < 4.78 is 16.0. The third kappa shape index (κ3) is 4.16. The van der Waals surface area contributed by atoms with Gasteiger partial charge in [-0.2, -0.15) is 0 Å². The van der Waals surface area contributed by atoms with E-state index in [1.54, 1.807) is 25.3 Å². The third-order valence-electron chi connectivity index (χ3n) is 6.24. The van der Waals surface area contributed by atoms with Gasteiger partial charge in [-0.05, 0) is 25.0 Å². The van der Waals surface area contributed by atoms with Gasteiger partial charge in [0.15, 0.2) is 0 Å². The summed E-state index contributed by atoms with van der Waals surface area (Å²) in [6, 6.07) is 6.41. The fraction of sp³-hybridized carbons (Fsp3) is 0.545. The molecule has 29 heavy (non-hydrogen) atoms. The van der Waals surface area contributed by atoms with Crippen LogP contribution in [0.5, 0.6) is 5.75 Å². The van der Waals surface area contributed by atoms with Gasteiger partial charge in [0.05, 0.1) is 25.9 Å². The van der Waals surface area contributed by atoms with Crippen LogP contribution in [0.2, 0.25) is 0 Å². The van der Waals surface area contributed by atoms with Crippen molar-refractivity contribution < 1.29 is 18.7 Å². The van der Waals surface area contributed by atoms with Crippen molar-refractivity contribution in [1.82, 2.24) is 10.2 Å². The number of morpholine rings is 1. The summed E-state index contributed by atoms with van der Waals surface area (Å²) in [5, 5.41) is 3.73. The summed E-state index contributed by atoms with van der Waals surface area (Å²) in [7, 11) is 1.55. The molecule has 1 saturated heterocycles. The highest BCUT2D eigenvalue weighted by atomic mass is 16.5. The highest BCUT2D eigenvalue weighted by Crippen LogP contribution is 2.34. The SMILES string of the molecule is COc1ccc2c(C(=O)NCC3(N4CCOCC4)CCCCC3)cc(=O)oc2c1. The maximum atomic E-state index is 13.1.